The largest absolute Gasteiger partial charge is 0.255 e. The summed E-state index contributed by atoms with van der Waals surface area (Å²) in [4.78, 5) is 0. The van der Waals surface area contributed by atoms with Crippen molar-refractivity contribution in [2.45, 2.75) is 6.42 Å². The molecule has 0 aromatic heterocycles. The molecule has 0 N–H and O–H groups in total. The molecule has 2 aromatic rings. The Morgan fingerprint density at radius 3 is 2.00 bits per heavy atom. The van der Waals surface area contributed by atoms with Gasteiger partial charge < -0.3 is 0 Å². The van der Waals surface area contributed by atoms with Gasteiger partial charge in [-0.05, 0) is 28.7 Å². The van der Waals surface area contributed by atoms with Crippen LogP contribution in [-0.2, 0) is 10.8 Å². The highest BCUT2D eigenvalue weighted by Gasteiger charge is 2.06. The van der Waals surface area contributed by atoms with Crippen LogP contribution in [0.5, 0.6) is 0 Å². The third-order valence-corrected chi connectivity index (χ3v) is 3.66. The second-order valence-corrected chi connectivity index (χ2v) is 5.89. The first-order valence-electron chi connectivity index (χ1n) is 6.48. The summed E-state index contributed by atoms with van der Waals surface area (Å²) in [6, 6.07) is 20.1. The Morgan fingerprint density at radius 2 is 1.50 bits per heavy atom. The van der Waals surface area contributed by atoms with Crippen LogP contribution in [0.25, 0.3) is 11.1 Å². The molecule has 102 valence electrons. The highest BCUT2D eigenvalue weighted by Crippen LogP contribution is 2.27. The lowest BCUT2D eigenvalue weighted by Gasteiger charge is -2.10. The van der Waals surface area contributed by atoms with Gasteiger partial charge in [0.05, 0.1) is 0 Å². The Bertz CT molecular complexity index is 627. The Morgan fingerprint density at radius 1 is 1.00 bits per heavy atom. The van der Waals surface area contributed by atoms with Crippen LogP contribution in [0.3, 0.4) is 0 Å². The smallest absolute Gasteiger partial charge is 0.0427 e. The van der Waals surface area contributed by atoms with E-state index in [0.717, 1.165) is 22.3 Å². The van der Waals surface area contributed by atoms with Gasteiger partial charge >= 0.3 is 0 Å². The van der Waals surface area contributed by atoms with Crippen LogP contribution in [0, 0.1) is 0 Å². The number of hydrogen-bond acceptors (Lipinski definition) is 1. The molecule has 0 heterocycles. The van der Waals surface area contributed by atoms with Crippen molar-refractivity contribution in [1.82, 2.24) is 0 Å². The minimum Gasteiger partial charge on any atom is -0.255 e. The zero-order valence-corrected chi connectivity index (χ0v) is 12.4. The van der Waals surface area contributed by atoms with Crippen molar-refractivity contribution in [3.8, 4) is 0 Å². The Kier molecular flexibility index (Phi) is 5.08. The lowest BCUT2D eigenvalue weighted by Crippen LogP contribution is -1.91. The van der Waals surface area contributed by atoms with Gasteiger partial charge in [-0.2, -0.15) is 0 Å². The monoisotopic (exact) mass is 282 g/mol. The van der Waals surface area contributed by atoms with Gasteiger partial charge in [0.15, 0.2) is 0 Å². The minimum atomic E-state index is -0.972. The van der Waals surface area contributed by atoms with Crippen LogP contribution in [0.2, 0.25) is 0 Å². The van der Waals surface area contributed by atoms with Gasteiger partial charge in [0.1, 0.15) is 0 Å². The highest BCUT2D eigenvalue weighted by atomic mass is 32.2. The quantitative estimate of drug-likeness (QED) is 0.788. The number of allylic oxidation sites excluding steroid dienone is 2. The summed E-state index contributed by atoms with van der Waals surface area (Å²) >= 11 is 0. The number of rotatable bonds is 5. The van der Waals surface area contributed by atoms with Gasteiger partial charge in [0, 0.05) is 22.5 Å². The van der Waals surface area contributed by atoms with E-state index in [0.29, 0.717) is 6.42 Å². The summed E-state index contributed by atoms with van der Waals surface area (Å²) in [5, 5.41) is 1.81. The summed E-state index contributed by atoms with van der Waals surface area (Å²) in [5.41, 5.74) is 4.31. The molecular formula is C18H18OS. The predicted molar refractivity (Wildman–Crippen MR) is 88.6 cm³/mol. The molecule has 2 heteroatoms. The maximum absolute atomic E-state index is 11.6. The number of benzene rings is 2. The summed E-state index contributed by atoms with van der Waals surface area (Å²) in [7, 11) is -0.972. The molecule has 1 nitrogen and oxygen atoms in total. The third-order valence-electron chi connectivity index (χ3n) is 3.04. The zero-order valence-electron chi connectivity index (χ0n) is 11.6. The molecule has 0 aliphatic carbocycles. The molecule has 0 spiro atoms. The molecule has 2 rings (SSSR count). The van der Waals surface area contributed by atoms with Crippen LogP contribution >= 0.6 is 0 Å². The second-order valence-electron chi connectivity index (χ2n) is 4.65. The molecular weight excluding hydrogens is 264 g/mol. The van der Waals surface area contributed by atoms with E-state index in [9.17, 15) is 4.21 Å². The molecule has 0 radical (unpaired) electrons. The van der Waals surface area contributed by atoms with Crippen molar-refractivity contribution in [3.63, 3.8) is 0 Å². The van der Waals surface area contributed by atoms with E-state index >= 15 is 0 Å². The normalized spacial score (nSPS) is 12.9. The molecule has 0 saturated heterocycles. The first kappa shape index (κ1) is 14.5. The second kappa shape index (κ2) is 7.01. The Balaban J connectivity index is 2.26. The third kappa shape index (κ3) is 4.04. The van der Waals surface area contributed by atoms with Crippen molar-refractivity contribution in [3.05, 3.63) is 83.8 Å². The van der Waals surface area contributed by atoms with Gasteiger partial charge in [0.25, 0.3) is 0 Å². The SMILES string of the molecule is C=C(C/C(=C/[S@](C)=O)c1ccccc1)c1ccccc1. The summed E-state index contributed by atoms with van der Waals surface area (Å²) in [6.07, 6.45) is 2.39. The fourth-order valence-corrected chi connectivity index (χ4v) is 2.69. The van der Waals surface area contributed by atoms with Crippen molar-refractivity contribution < 1.29 is 4.21 Å². The summed E-state index contributed by atoms with van der Waals surface area (Å²) in [6.45, 7) is 4.16. The summed E-state index contributed by atoms with van der Waals surface area (Å²) in [5.74, 6) is 0. The first-order chi connectivity index (χ1) is 9.66. The van der Waals surface area contributed by atoms with Crippen LogP contribution in [-0.4, -0.2) is 10.5 Å². The predicted octanol–water partition coefficient (Wildman–Crippen LogP) is 4.51. The lowest BCUT2D eigenvalue weighted by atomic mass is 9.96. The van der Waals surface area contributed by atoms with E-state index in [1.165, 1.54) is 0 Å². The van der Waals surface area contributed by atoms with Crippen LogP contribution in [0.15, 0.2) is 72.7 Å². The van der Waals surface area contributed by atoms with Gasteiger partial charge in [-0.3, -0.25) is 4.21 Å². The molecule has 0 aliphatic rings. The average Bonchev–Trinajstić information content (AvgIpc) is 2.48. The molecule has 20 heavy (non-hydrogen) atoms. The lowest BCUT2D eigenvalue weighted by molar-refractivity contribution is 0.692. The van der Waals surface area contributed by atoms with Crippen molar-refractivity contribution in [2.75, 3.05) is 6.26 Å². The van der Waals surface area contributed by atoms with Crippen LogP contribution in [0.1, 0.15) is 17.5 Å². The Hall–Kier alpha value is -1.93. The molecule has 0 bridgehead atoms. The van der Waals surface area contributed by atoms with Crippen molar-refractivity contribution >= 4 is 21.9 Å². The van der Waals surface area contributed by atoms with E-state index < -0.39 is 10.8 Å². The maximum atomic E-state index is 11.6. The van der Waals surface area contributed by atoms with Crippen LogP contribution < -0.4 is 0 Å². The average molecular weight is 282 g/mol. The molecule has 0 unspecified atom stereocenters. The fraction of sp³-hybridized carbons (Fsp3) is 0.111. The van der Waals surface area contributed by atoms with E-state index in [1.54, 1.807) is 6.26 Å². The standard InChI is InChI=1S/C18H18OS/c1-15(16-9-5-3-6-10-16)13-18(14-20(2)19)17-11-7-4-8-12-17/h3-12,14H,1,13H2,2H3/b18-14-/t20-/m0/s1. The zero-order chi connectivity index (χ0) is 14.4. The van der Waals surface area contributed by atoms with E-state index in [4.69, 9.17) is 0 Å². The minimum absolute atomic E-state index is 0.702. The van der Waals surface area contributed by atoms with Crippen LogP contribution in [0.4, 0.5) is 0 Å². The highest BCUT2D eigenvalue weighted by molar-refractivity contribution is 7.87. The molecule has 1 atom stereocenters. The number of hydrogen-bond donors (Lipinski definition) is 0. The van der Waals surface area contributed by atoms with Gasteiger partial charge in [-0.15, -0.1) is 0 Å². The Labute approximate surface area is 123 Å². The molecule has 2 aromatic carbocycles. The molecule has 0 amide bonds. The summed E-state index contributed by atoms with van der Waals surface area (Å²) < 4.78 is 11.6. The van der Waals surface area contributed by atoms with Gasteiger partial charge in [-0.1, -0.05) is 67.2 Å². The van der Waals surface area contributed by atoms with Crippen molar-refractivity contribution in [1.29, 1.82) is 0 Å². The van der Waals surface area contributed by atoms with E-state index in [1.807, 2.05) is 66.1 Å². The molecule has 0 aliphatic heterocycles. The topological polar surface area (TPSA) is 17.1 Å². The fourth-order valence-electron chi connectivity index (χ4n) is 2.07. The maximum Gasteiger partial charge on any atom is 0.0427 e. The molecule has 0 saturated carbocycles. The van der Waals surface area contributed by atoms with E-state index in [-0.39, 0.29) is 0 Å². The first-order valence-corrected chi connectivity index (χ1v) is 8.10. The van der Waals surface area contributed by atoms with Gasteiger partial charge in [-0.25, -0.2) is 0 Å². The van der Waals surface area contributed by atoms with E-state index in [2.05, 4.69) is 6.58 Å². The van der Waals surface area contributed by atoms with Gasteiger partial charge in [0.2, 0.25) is 0 Å². The van der Waals surface area contributed by atoms with Crippen molar-refractivity contribution in [2.24, 2.45) is 0 Å². The molecule has 0 fully saturated rings.